The summed E-state index contributed by atoms with van der Waals surface area (Å²) in [5.41, 5.74) is 2.38. The molecule has 2 aliphatic heterocycles. The number of morpholine rings is 1. The Morgan fingerprint density at radius 3 is 2.64 bits per heavy atom. The van der Waals surface area contributed by atoms with Crippen molar-refractivity contribution < 1.29 is 14.6 Å². The normalized spacial score (nSPS) is 19.6. The lowest BCUT2D eigenvalue weighted by Crippen LogP contribution is -2.47. The Balaban J connectivity index is 1.14. The number of anilines is 2. The van der Waals surface area contributed by atoms with Crippen molar-refractivity contribution in [1.82, 2.24) is 35.1 Å². The third kappa shape index (κ3) is 8.79. The predicted molar refractivity (Wildman–Crippen MR) is 174 cm³/mol. The lowest BCUT2D eigenvalue weighted by molar-refractivity contribution is 0.0168. The summed E-state index contributed by atoms with van der Waals surface area (Å²) in [6.07, 6.45) is 3.95. The number of hydrogen-bond donors (Lipinski definition) is 4. The molecule has 0 radical (unpaired) electrons. The standard InChI is InChI=1S/C31H46ClN9O3/c1-30(2,3)23-6-8-24(9-7-23)36-29(42)33-11-4-12-40(14-5-13-39-16-18-44-19-17-39)20-31(43)10-15-41(21-31)27-25-26(35-22-34-25)37-28(32)38-27/h6-9,22,43H,4-5,10-21H2,1-3H3,(H2,33,36,42)(H,34,35,37,38). The van der Waals surface area contributed by atoms with Gasteiger partial charge in [-0.2, -0.15) is 9.97 Å². The first-order valence-electron chi connectivity index (χ1n) is 15.6. The average Bonchev–Trinajstić information content (AvgIpc) is 3.62. The molecular formula is C31H46ClN9O3. The second-order valence-electron chi connectivity index (χ2n) is 13.0. The minimum absolute atomic E-state index is 0.0641. The first kappa shape index (κ1) is 32.4. The highest BCUT2D eigenvalue weighted by Gasteiger charge is 2.39. The number of fused-ring (bicyclic) bond motifs is 1. The number of halogens is 1. The van der Waals surface area contributed by atoms with E-state index in [1.807, 2.05) is 12.1 Å². The monoisotopic (exact) mass is 627 g/mol. The van der Waals surface area contributed by atoms with Crippen molar-refractivity contribution in [2.45, 2.75) is 51.0 Å². The molecule has 4 N–H and O–H groups in total. The van der Waals surface area contributed by atoms with E-state index in [-0.39, 0.29) is 16.7 Å². The summed E-state index contributed by atoms with van der Waals surface area (Å²) in [5, 5.41) is 17.8. The Bertz CT molecular complexity index is 1370. The van der Waals surface area contributed by atoms with Gasteiger partial charge in [0.1, 0.15) is 5.52 Å². The molecule has 2 aliphatic rings. The Morgan fingerprint density at radius 1 is 1.14 bits per heavy atom. The minimum Gasteiger partial charge on any atom is -0.387 e. The number of urea groups is 1. The largest absolute Gasteiger partial charge is 0.387 e. The molecule has 2 fully saturated rings. The zero-order valence-electron chi connectivity index (χ0n) is 26.1. The summed E-state index contributed by atoms with van der Waals surface area (Å²) in [7, 11) is 0. The summed E-state index contributed by atoms with van der Waals surface area (Å²) in [6, 6.07) is 7.77. The maximum atomic E-state index is 12.6. The number of aromatic nitrogens is 4. The van der Waals surface area contributed by atoms with Crippen molar-refractivity contribution in [2.75, 3.05) is 82.3 Å². The molecule has 0 bridgehead atoms. The van der Waals surface area contributed by atoms with Crippen LogP contribution in [-0.4, -0.2) is 119 Å². The number of β-amino-alcohol motifs (C(OH)–C–C–N with tert-alkyl or cyclic N) is 1. The third-order valence-corrected chi connectivity index (χ3v) is 8.56. The van der Waals surface area contributed by atoms with Gasteiger partial charge in [-0.25, -0.2) is 9.78 Å². The molecule has 240 valence electrons. The fourth-order valence-corrected chi connectivity index (χ4v) is 6.11. The molecule has 0 saturated carbocycles. The number of rotatable bonds is 12. The number of aromatic amines is 1. The van der Waals surface area contributed by atoms with Crippen LogP contribution in [0.3, 0.4) is 0 Å². The van der Waals surface area contributed by atoms with Gasteiger partial charge in [0.25, 0.3) is 0 Å². The van der Waals surface area contributed by atoms with Crippen LogP contribution in [0.25, 0.3) is 11.2 Å². The Labute approximate surface area is 264 Å². The highest BCUT2D eigenvalue weighted by Crippen LogP contribution is 2.31. The summed E-state index contributed by atoms with van der Waals surface area (Å²) in [6.45, 7) is 14.8. The van der Waals surface area contributed by atoms with Crippen molar-refractivity contribution in [1.29, 1.82) is 0 Å². The van der Waals surface area contributed by atoms with Crippen LogP contribution in [0.5, 0.6) is 0 Å². The number of imidazole rings is 1. The molecule has 12 nitrogen and oxygen atoms in total. The Hall–Kier alpha value is -3.03. The first-order chi connectivity index (χ1) is 21.1. The molecule has 5 rings (SSSR count). The quantitative estimate of drug-likeness (QED) is 0.176. The molecular weight excluding hydrogens is 582 g/mol. The molecule has 4 heterocycles. The highest BCUT2D eigenvalue weighted by molar-refractivity contribution is 6.28. The van der Waals surface area contributed by atoms with Gasteiger partial charge in [0.05, 0.1) is 25.1 Å². The van der Waals surface area contributed by atoms with E-state index < -0.39 is 5.60 Å². The maximum Gasteiger partial charge on any atom is 0.319 e. The number of hydrogen-bond acceptors (Lipinski definition) is 9. The zero-order chi connectivity index (χ0) is 31.2. The SMILES string of the molecule is CC(C)(C)c1ccc(NC(=O)NCCCN(CCCN2CCOCC2)CC2(O)CCN(c3nc(Cl)nc4nc[nH]c34)C2)cc1. The van der Waals surface area contributed by atoms with Crippen molar-refractivity contribution in [3.63, 3.8) is 0 Å². The molecule has 1 unspecified atom stereocenters. The van der Waals surface area contributed by atoms with E-state index in [1.165, 1.54) is 5.56 Å². The number of aliphatic hydroxyl groups is 1. The fourth-order valence-electron chi connectivity index (χ4n) is 5.95. The summed E-state index contributed by atoms with van der Waals surface area (Å²) in [5.74, 6) is 0.663. The molecule has 1 atom stereocenters. The third-order valence-electron chi connectivity index (χ3n) is 8.39. The van der Waals surface area contributed by atoms with Crippen LogP contribution in [0.4, 0.5) is 16.3 Å². The van der Waals surface area contributed by atoms with Crippen LogP contribution in [0.2, 0.25) is 5.28 Å². The van der Waals surface area contributed by atoms with Gasteiger partial charge in [-0.1, -0.05) is 32.9 Å². The molecule has 13 heteroatoms. The molecule has 44 heavy (non-hydrogen) atoms. The number of nitrogens with one attached hydrogen (secondary N) is 3. The van der Waals surface area contributed by atoms with Gasteiger partial charge < -0.3 is 35.3 Å². The van der Waals surface area contributed by atoms with Crippen molar-refractivity contribution in [3.05, 3.63) is 41.4 Å². The molecule has 0 spiro atoms. The second kappa shape index (κ2) is 14.4. The van der Waals surface area contributed by atoms with Crippen molar-refractivity contribution in [3.8, 4) is 0 Å². The maximum absolute atomic E-state index is 12.6. The van der Waals surface area contributed by atoms with Gasteiger partial charge in [-0.05, 0) is 73.6 Å². The van der Waals surface area contributed by atoms with Gasteiger partial charge in [0, 0.05) is 45.0 Å². The van der Waals surface area contributed by atoms with E-state index in [1.54, 1.807) is 6.33 Å². The van der Waals surface area contributed by atoms with E-state index in [2.05, 4.69) is 78.2 Å². The van der Waals surface area contributed by atoms with Crippen molar-refractivity contribution in [2.24, 2.45) is 0 Å². The highest BCUT2D eigenvalue weighted by atomic mass is 35.5. The summed E-state index contributed by atoms with van der Waals surface area (Å²) < 4.78 is 5.49. The molecule has 0 aliphatic carbocycles. The summed E-state index contributed by atoms with van der Waals surface area (Å²) in [4.78, 5) is 35.3. The molecule has 2 aromatic heterocycles. The lowest BCUT2D eigenvalue weighted by Gasteiger charge is -2.33. The van der Waals surface area contributed by atoms with E-state index in [9.17, 15) is 9.90 Å². The van der Waals surface area contributed by atoms with Crippen LogP contribution in [0, 0.1) is 0 Å². The number of benzene rings is 1. The molecule has 3 aromatic rings. The van der Waals surface area contributed by atoms with Gasteiger partial charge in [0.15, 0.2) is 11.5 Å². The van der Waals surface area contributed by atoms with E-state index in [0.717, 1.165) is 70.0 Å². The number of carbonyl (C=O) groups is 1. The number of amides is 2. The fraction of sp³-hybridized carbons (Fsp3) is 0.613. The van der Waals surface area contributed by atoms with Crippen LogP contribution < -0.4 is 15.5 Å². The van der Waals surface area contributed by atoms with E-state index in [0.29, 0.717) is 44.1 Å². The lowest BCUT2D eigenvalue weighted by atomic mass is 9.87. The van der Waals surface area contributed by atoms with Crippen molar-refractivity contribution >= 4 is 40.3 Å². The Kier molecular flexibility index (Phi) is 10.6. The van der Waals surface area contributed by atoms with Gasteiger partial charge >= 0.3 is 6.03 Å². The van der Waals surface area contributed by atoms with E-state index in [4.69, 9.17) is 16.3 Å². The molecule has 1 aromatic carbocycles. The zero-order valence-corrected chi connectivity index (χ0v) is 26.9. The predicted octanol–water partition coefficient (Wildman–Crippen LogP) is 3.48. The number of carbonyl (C=O) groups excluding carboxylic acids is 1. The number of ether oxygens (including phenoxy) is 1. The number of H-pyrrole nitrogens is 1. The van der Waals surface area contributed by atoms with Crippen LogP contribution in [0.15, 0.2) is 30.6 Å². The number of nitrogens with zero attached hydrogens (tertiary/aromatic N) is 6. The van der Waals surface area contributed by atoms with Gasteiger partial charge in [-0.15, -0.1) is 0 Å². The van der Waals surface area contributed by atoms with Crippen LogP contribution in [0.1, 0.15) is 45.6 Å². The van der Waals surface area contributed by atoms with Crippen LogP contribution >= 0.6 is 11.6 Å². The molecule has 2 saturated heterocycles. The smallest absolute Gasteiger partial charge is 0.319 e. The van der Waals surface area contributed by atoms with Crippen LogP contribution in [-0.2, 0) is 10.2 Å². The second-order valence-corrected chi connectivity index (χ2v) is 13.3. The first-order valence-corrected chi connectivity index (χ1v) is 16.0. The summed E-state index contributed by atoms with van der Waals surface area (Å²) >= 11 is 6.18. The van der Waals surface area contributed by atoms with Gasteiger partial charge in [-0.3, -0.25) is 4.90 Å². The van der Waals surface area contributed by atoms with E-state index >= 15 is 0 Å². The average molecular weight is 628 g/mol. The topological polar surface area (TPSA) is 135 Å². The minimum atomic E-state index is -0.910. The Morgan fingerprint density at radius 2 is 1.89 bits per heavy atom. The van der Waals surface area contributed by atoms with Gasteiger partial charge in [0.2, 0.25) is 5.28 Å². The molecule has 2 amide bonds.